The van der Waals surface area contributed by atoms with E-state index in [4.69, 9.17) is 9.84 Å². The van der Waals surface area contributed by atoms with Crippen LogP contribution in [0.4, 0.5) is 0 Å². The number of hydrogen-bond acceptors (Lipinski definition) is 3. The van der Waals surface area contributed by atoms with Crippen molar-refractivity contribution in [3.05, 3.63) is 77.9 Å². The van der Waals surface area contributed by atoms with Gasteiger partial charge < -0.3 is 15.2 Å². The lowest BCUT2D eigenvalue weighted by atomic mass is 10.1. The van der Waals surface area contributed by atoms with Crippen LogP contribution in [0.3, 0.4) is 0 Å². The third-order valence-electron chi connectivity index (χ3n) is 4.38. The maximum absolute atomic E-state index is 11.1. The molecule has 0 aromatic heterocycles. The van der Waals surface area contributed by atoms with Gasteiger partial charge in [-0.15, -0.1) is 0 Å². The van der Waals surface area contributed by atoms with Crippen molar-refractivity contribution < 1.29 is 14.6 Å². The number of benzene rings is 3. The monoisotopic (exact) mass is 349 g/mol. The van der Waals surface area contributed by atoms with Crippen LogP contribution in [0, 0.1) is 0 Å². The zero-order valence-electron chi connectivity index (χ0n) is 14.8. The van der Waals surface area contributed by atoms with Crippen LogP contribution < -0.4 is 10.1 Å². The van der Waals surface area contributed by atoms with Crippen molar-refractivity contribution in [3.8, 4) is 5.75 Å². The zero-order valence-corrected chi connectivity index (χ0v) is 14.8. The van der Waals surface area contributed by atoms with Gasteiger partial charge in [-0.2, -0.15) is 0 Å². The molecule has 3 rings (SSSR count). The molecular formula is C22H23NO3. The summed E-state index contributed by atoms with van der Waals surface area (Å²) in [6.45, 7) is 2.94. The molecule has 0 heterocycles. The molecule has 1 atom stereocenters. The molecule has 0 spiro atoms. The molecule has 0 aliphatic rings. The maximum atomic E-state index is 11.1. The second kappa shape index (κ2) is 8.50. The third-order valence-corrected chi connectivity index (χ3v) is 4.38. The van der Waals surface area contributed by atoms with Gasteiger partial charge in [-0.3, -0.25) is 4.79 Å². The van der Waals surface area contributed by atoms with Crippen LogP contribution in [0.1, 0.15) is 24.5 Å². The molecule has 4 heteroatoms. The van der Waals surface area contributed by atoms with Crippen LogP contribution in [-0.2, 0) is 17.9 Å². The predicted molar refractivity (Wildman–Crippen MR) is 103 cm³/mol. The second-order valence-electron chi connectivity index (χ2n) is 6.30. The maximum Gasteiger partial charge on any atom is 0.320 e. The largest absolute Gasteiger partial charge is 0.489 e. The highest BCUT2D eigenvalue weighted by Gasteiger charge is 2.13. The Hall–Kier alpha value is -2.85. The highest BCUT2D eigenvalue weighted by Crippen LogP contribution is 2.23. The van der Waals surface area contributed by atoms with Gasteiger partial charge >= 0.3 is 5.97 Å². The first-order valence-corrected chi connectivity index (χ1v) is 8.81. The Bertz CT molecular complexity index is 877. The molecule has 4 nitrogen and oxygen atoms in total. The zero-order chi connectivity index (χ0) is 18.4. The summed E-state index contributed by atoms with van der Waals surface area (Å²) in [7, 11) is 0. The Morgan fingerprint density at radius 2 is 1.73 bits per heavy atom. The lowest BCUT2D eigenvalue weighted by molar-refractivity contribution is -0.139. The Morgan fingerprint density at radius 1 is 1.00 bits per heavy atom. The highest BCUT2D eigenvalue weighted by atomic mass is 16.5. The molecule has 1 unspecified atom stereocenters. The first-order valence-electron chi connectivity index (χ1n) is 8.81. The fourth-order valence-corrected chi connectivity index (χ4v) is 2.86. The molecule has 134 valence electrons. The van der Waals surface area contributed by atoms with Crippen molar-refractivity contribution in [1.82, 2.24) is 5.32 Å². The number of carboxylic acid groups (broad SMARTS) is 1. The summed E-state index contributed by atoms with van der Waals surface area (Å²) < 4.78 is 5.87. The van der Waals surface area contributed by atoms with Crippen molar-refractivity contribution >= 4 is 16.7 Å². The summed E-state index contributed by atoms with van der Waals surface area (Å²) in [5, 5.41) is 14.4. The molecule has 0 amide bonds. The van der Waals surface area contributed by atoms with Crippen LogP contribution in [-0.4, -0.2) is 17.1 Å². The average Bonchev–Trinajstić information content (AvgIpc) is 2.67. The molecule has 26 heavy (non-hydrogen) atoms. The fraction of sp³-hybridized carbons (Fsp3) is 0.227. The SMILES string of the molecule is CCC(NCc1ccc2cc(OCc3ccccc3)ccc2c1)C(=O)O. The van der Waals surface area contributed by atoms with Gasteiger partial charge in [0.2, 0.25) is 0 Å². The fourth-order valence-electron chi connectivity index (χ4n) is 2.86. The van der Waals surface area contributed by atoms with Crippen LogP contribution in [0.2, 0.25) is 0 Å². The Balaban J connectivity index is 1.66. The Kier molecular flexibility index (Phi) is 5.87. The normalized spacial score (nSPS) is 12.0. The highest BCUT2D eigenvalue weighted by molar-refractivity contribution is 5.84. The standard InChI is InChI=1S/C22H23NO3/c1-2-21(22(24)25)23-14-17-8-9-19-13-20(11-10-18(19)12-17)26-15-16-6-4-3-5-7-16/h3-13,21,23H,2,14-15H2,1H3,(H,24,25). The molecule has 3 aromatic rings. The summed E-state index contributed by atoms with van der Waals surface area (Å²) in [5.41, 5.74) is 2.20. The van der Waals surface area contributed by atoms with Crippen LogP contribution in [0.25, 0.3) is 10.8 Å². The van der Waals surface area contributed by atoms with Gasteiger partial charge in [0.1, 0.15) is 18.4 Å². The smallest absolute Gasteiger partial charge is 0.320 e. The van der Waals surface area contributed by atoms with E-state index < -0.39 is 12.0 Å². The van der Waals surface area contributed by atoms with E-state index in [-0.39, 0.29) is 0 Å². The molecule has 0 aliphatic carbocycles. The van der Waals surface area contributed by atoms with E-state index in [0.717, 1.165) is 27.6 Å². The molecule has 3 aromatic carbocycles. The van der Waals surface area contributed by atoms with E-state index in [1.54, 1.807) is 0 Å². The lowest BCUT2D eigenvalue weighted by Gasteiger charge is -2.13. The number of fused-ring (bicyclic) bond motifs is 1. The summed E-state index contributed by atoms with van der Waals surface area (Å²) in [6, 6.07) is 21.7. The summed E-state index contributed by atoms with van der Waals surface area (Å²) in [5.74, 6) is 0.0256. The Labute approximate surface area is 153 Å². The van der Waals surface area contributed by atoms with Crippen molar-refractivity contribution in [1.29, 1.82) is 0 Å². The number of nitrogens with one attached hydrogen (secondary N) is 1. The molecule has 2 N–H and O–H groups in total. The van der Waals surface area contributed by atoms with Gasteiger partial charge in [0, 0.05) is 6.54 Å². The number of aliphatic carboxylic acids is 1. The first-order chi connectivity index (χ1) is 12.7. The minimum absolute atomic E-state index is 0.514. The van der Waals surface area contributed by atoms with E-state index in [1.165, 1.54) is 0 Å². The third kappa shape index (κ3) is 4.61. The van der Waals surface area contributed by atoms with Gasteiger partial charge in [-0.25, -0.2) is 0 Å². The van der Waals surface area contributed by atoms with Crippen molar-refractivity contribution in [3.63, 3.8) is 0 Å². The van der Waals surface area contributed by atoms with Crippen molar-refractivity contribution in [2.75, 3.05) is 0 Å². The van der Waals surface area contributed by atoms with Gasteiger partial charge in [-0.1, -0.05) is 55.5 Å². The minimum Gasteiger partial charge on any atom is -0.489 e. The van der Waals surface area contributed by atoms with E-state index in [0.29, 0.717) is 19.6 Å². The number of carbonyl (C=O) groups is 1. The molecule has 0 fully saturated rings. The second-order valence-corrected chi connectivity index (χ2v) is 6.30. The lowest BCUT2D eigenvalue weighted by Crippen LogP contribution is -2.35. The molecule has 0 saturated carbocycles. The number of carboxylic acids is 1. The quantitative estimate of drug-likeness (QED) is 0.634. The van der Waals surface area contributed by atoms with E-state index in [9.17, 15) is 4.79 Å². The number of rotatable bonds is 8. The summed E-state index contributed by atoms with van der Waals surface area (Å²) >= 11 is 0. The van der Waals surface area contributed by atoms with Crippen LogP contribution in [0.5, 0.6) is 5.75 Å². The molecular weight excluding hydrogens is 326 g/mol. The molecule has 0 saturated heterocycles. The van der Waals surface area contributed by atoms with Crippen LogP contribution >= 0.6 is 0 Å². The summed E-state index contributed by atoms with van der Waals surface area (Å²) in [4.78, 5) is 11.1. The van der Waals surface area contributed by atoms with Crippen molar-refractivity contribution in [2.24, 2.45) is 0 Å². The average molecular weight is 349 g/mol. The topological polar surface area (TPSA) is 58.6 Å². The minimum atomic E-state index is -0.812. The molecule has 0 bridgehead atoms. The molecule has 0 radical (unpaired) electrons. The first kappa shape index (κ1) is 18.0. The molecule has 0 aliphatic heterocycles. The number of hydrogen-bond donors (Lipinski definition) is 2. The number of ether oxygens (including phenoxy) is 1. The van der Waals surface area contributed by atoms with Gasteiger partial charge in [0.15, 0.2) is 0 Å². The van der Waals surface area contributed by atoms with Gasteiger partial charge in [-0.05, 0) is 46.5 Å². The van der Waals surface area contributed by atoms with E-state index in [2.05, 4.69) is 11.4 Å². The van der Waals surface area contributed by atoms with Gasteiger partial charge in [0.05, 0.1) is 0 Å². The van der Waals surface area contributed by atoms with Gasteiger partial charge in [0.25, 0.3) is 0 Å². The summed E-state index contributed by atoms with van der Waals surface area (Å²) in [6.07, 6.45) is 0.561. The Morgan fingerprint density at radius 3 is 2.46 bits per heavy atom. The van der Waals surface area contributed by atoms with Crippen LogP contribution in [0.15, 0.2) is 66.7 Å². The van der Waals surface area contributed by atoms with E-state index in [1.807, 2.05) is 67.6 Å². The predicted octanol–water partition coefficient (Wildman–Crippen LogP) is 4.37. The van der Waals surface area contributed by atoms with E-state index >= 15 is 0 Å². The van der Waals surface area contributed by atoms with Crippen molar-refractivity contribution in [2.45, 2.75) is 32.5 Å².